The molecule has 2 aromatic rings. The van der Waals surface area contributed by atoms with E-state index in [4.69, 9.17) is 4.74 Å². The van der Waals surface area contributed by atoms with Gasteiger partial charge in [0, 0.05) is 0 Å². The van der Waals surface area contributed by atoms with Crippen molar-refractivity contribution in [1.82, 2.24) is 0 Å². The van der Waals surface area contributed by atoms with Crippen molar-refractivity contribution in [2.24, 2.45) is 0 Å². The first-order valence-corrected chi connectivity index (χ1v) is 10.6. The fourth-order valence-electron chi connectivity index (χ4n) is 2.38. The minimum atomic E-state index is -3.60. The molecule has 0 saturated heterocycles. The number of nitrogens with zero attached hydrogens (tertiary/aromatic N) is 1. The summed E-state index contributed by atoms with van der Waals surface area (Å²) in [5.74, 6) is -1.40. The number of anilines is 1. The molecular formula is C18H18N2O5S2. The molecule has 0 bridgehead atoms. The summed E-state index contributed by atoms with van der Waals surface area (Å²) in [4.78, 5) is 24.8. The Morgan fingerprint density at radius 2 is 1.93 bits per heavy atom. The van der Waals surface area contributed by atoms with Gasteiger partial charge >= 0.3 is 5.97 Å². The van der Waals surface area contributed by atoms with Gasteiger partial charge in [0.05, 0.1) is 28.4 Å². The van der Waals surface area contributed by atoms with Gasteiger partial charge in [-0.25, -0.2) is 13.2 Å². The monoisotopic (exact) mass is 406 g/mol. The summed E-state index contributed by atoms with van der Waals surface area (Å²) in [5, 5.41) is 12.1. The van der Waals surface area contributed by atoms with E-state index in [2.05, 4.69) is 5.32 Å². The van der Waals surface area contributed by atoms with E-state index in [1.165, 1.54) is 25.1 Å². The minimum absolute atomic E-state index is 0.0213. The predicted molar refractivity (Wildman–Crippen MR) is 102 cm³/mol. The fraction of sp³-hybridized carbons (Fsp3) is 0.278. The third-order valence-corrected chi connectivity index (χ3v) is 6.77. The van der Waals surface area contributed by atoms with Crippen LogP contribution in [0.2, 0.25) is 0 Å². The summed E-state index contributed by atoms with van der Waals surface area (Å²) in [6.07, 6.45) is 0. The highest BCUT2D eigenvalue weighted by Gasteiger charge is 2.25. The Morgan fingerprint density at radius 1 is 1.26 bits per heavy atom. The van der Waals surface area contributed by atoms with E-state index in [1.54, 1.807) is 19.9 Å². The quantitative estimate of drug-likeness (QED) is 0.737. The van der Waals surface area contributed by atoms with Crippen molar-refractivity contribution in [3.05, 3.63) is 45.8 Å². The zero-order valence-corrected chi connectivity index (χ0v) is 16.7. The lowest BCUT2D eigenvalue weighted by Gasteiger charge is -2.09. The van der Waals surface area contributed by atoms with Gasteiger partial charge in [0.15, 0.2) is 9.84 Å². The lowest BCUT2D eigenvalue weighted by atomic mass is 10.1. The highest BCUT2D eigenvalue weighted by Crippen LogP contribution is 2.33. The molecule has 1 aromatic heterocycles. The number of hydrogen-bond acceptors (Lipinski definition) is 7. The van der Waals surface area contributed by atoms with Crippen molar-refractivity contribution >= 4 is 38.1 Å². The number of benzene rings is 1. The molecule has 0 atom stereocenters. The smallest absolute Gasteiger partial charge is 0.348 e. The maximum Gasteiger partial charge on any atom is 0.348 e. The second-order valence-corrected chi connectivity index (χ2v) is 8.71. The summed E-state index contributed by atoms with van der Waals surface area (Å²) in [6.45, 7) is 4.93. The van der Waals surface area contributed by atoms with Crippen molar-refractivity contribution in [3.63, 3.8) is 0 Å². The van der Waals surface area contributed by atoms with Gasteiger partial charge in [-0.1, -0.05) is 19.1 Å². The van der Waals surface area contributed by atoms with Crippen LogP contribution in [0.4, 0.5) is 5.00 Å². The van der Waals surface area contributed by atoms with Gasteiger partial charge < -0.3 is 10.1 Å². The maximum absolute atomic E-state index is 12.7. The van der Waals surface area contributed by atoms with Gasteiger partial charge in [-0.05, 0) is 31.5 Å². The van der Waals surface area contributed by atoms with Gasteiger partial charge in [-0.15, -0.1) is 11.3 Å². The lowest BCUT2D eigenvalue weighted by Crippen LogP contribution is -2.17. The highest BCUT2D eigenvalue weighted by atomic mass is 32.2. The van der Waals surface area contributed by atoms with Crippen LogP contribution in [-0.2, 0) is 14.6 Å². The largest absolute Gasteiger partial charge is 0.462 e. The zero-order chi connectivity index (χ0) is 20.2. The molecule has 7 nitrogen and oxygen atoms in total. The predicted octanol–water partition coefficient (Wildman–Crippen LogP) is 3.15. The van der Waals surface area contributed by atoms with Crippen LogP contribution in [0.3, 0.4) is 0 Å². The number of amides is 1. The molecule has 142 valence electrons. The van der Waals surface area contributed by atoms with Gasteiger partial charge in [-0.3, -0.25) is 4.79 Å². The third kappa shape index (κ3) is 4.18. The Labute approximate surface area is 161 Å². The lowest BCUT2D eigenvalue weighted by molar-refractivity contribution is 0.0531. The number of esters is 1. The number of nitriles is 1. The number of nitrogens with one attached hydrogen (secondary N) is 1. The normalized spacial score (nSPS) is 10.9. The molecule has 0 saturated carbocycles. The van der Waals surface area contributed by atoms with Crippen LogP contribution in [0.15, 0.2) is 29.2 Å². The average molecular weight is 406 g/mol. The zero-order valence-electron chi connectivity index (χ0n) is 15.0. The molecule has 0 aliphatic carbocycles. The van der Waals surface area contributed by atoms with Crippen LogP contribution in [0, 0.1) is 18.3 Å². The van der Waals surface area contributed by atoms with E-state index in [0.29, 0.717) is 5.56 Å². The van der Waals surface area contributed by atoms with E-state index >= 15 is 0 Å². The number of sulfone groups is 1. The van der Waals surface area contributed by atoms with E-state index in [-0.39, 0.29) is 38.3 Å². The van der Waals surface area contributed by atoms with Crippen LogP contribution in [0.25, 0.3) is 0 Å². The summed E-state index contributed by atoms with van der Waals surface area (Å²) in [5.41, 5.74) is 0.532. The van der Waals surface area contributed by atoms with Crippen LogP contribution in [0.1, 0.15) is 45.0 Å². The molecule has 0 aliphatic heterocycles. The first-order valence-electron chi connectivity index (χ1n) is 8.10. The number of carbonyl (C=O) groups is 2. The van der Waals surface area contributed by atoms with Crippen molar-refractivity contribution in [2.45, 2.75) is 25.7 Å². The molecule has 27 heavy (non-hydrogen) atoms. The Kier molecular flexibility index (Phi) is 6.36. The van der Waals surface area contributed by atoms with Crippen molar-refractivity contribution < 1.29 is 22.7 Å². The minimum Gasteiger partial charge on any atom is -0.462 e. The SMILES string of the molecule is CCOC(=O)c1sc(NC(=O)c2ccccc2S(=O)(=O)CC)c(C#N)c1C. The topological polar surface area (TPSA) is 113 Å². The van der Waals surface area contributed by atoms with Crippen molar-refractivity contribution in [3.8, 4) is 6.07 Å². The van der Waals surface area contributed by atoms with Crippen LogP contribution in [-0.4, -0.2) is 32.7 Å². The summed E-state index contributed by atoms with van der Waals surface area (Å²) in [6, 6.07) is 7.82. The number of ether oxygens (including phenoxy) is 1. The maximum atomic E-state index is 12.7. The van der Waals surface area contributed by atoms with Crippen molar-refractivity contribution in [2.75, 3.05) is 17.7 Å². The molecule has 1 aromatic carbocycles. The Hall–Kier alpha value is -2.70. The van der Waals surface area contributed by atoms with E-state index in [0.717, 1.165) is 11.3 Å². The second kappa shape index (κ2) is 8.33. The molecule has 0 aliphatic rings. The van der Waals surface area contributed by atoms with Crippen molar-refractivity contribution in [1.29, 1.82) is 5.26 Å². The Bertz CT molecular complexity index is 1030. The molecule has 0 fully saturated rings. The van der Waals surface area contributed by atoms with Gasteiger partial charge in [0.25, 0.3) is 5.91 Å². The summed E-state index contributed by atoms with van der Waals surface area (Å²) >= 11 is 0.922. The number of carbonyl (C=O) groups excluding carboxylic acids is 2. The number of rotatable bonds is 6. The van der Waals surface area contributed by atoms with E-state index in [1.807, 2.05) is 6.07 Å². The molecule has 1 heterocycles. The highest BCUT2D eigenvalue weighted by molar-refractivity contribution is 7.91. The van der Waals surface area contributed by atoms with Gasteiger partial charge in [0.2, 0.25) is 0 Å². The van der Waals surface area contributed by atoms with Crippen LogP contribution >= 0.6 is 11.3 Å². The van der Waals surface area contributed by atoms with E-state index in [9.17, 15) is 23.3 Å². The summed E-state index contributed by atoms with van der Waals surface area (Å²) < 4.78 is 29.4. The number of hydrogen-bond donors (Lipinski definition) is 1. The molecule has 0 spiro atoms. The number of thiophene rings is 1. The molecule has 1 amide bonds. The third-order valence-electron chi connectivity index (χ3n) is 3.79. The second-order valence-electron chi connectivity index (χ2n) is 5.45. The van der Waals surface area contributed by atoms with E-state index < -0.39 is 21.7 Å². The molecule has 0 radical (unpaired) electrons. The first-order chi connectivity index (χ1) is 12.8. The fourth-order valence-corrected chi connectivity index (χ4v) is 4.52. The Morgan fingerprint density at radius 3 is 2.52 bits per heavy atom. The average Bonchev–Trinajstić information content (AvgIpc) is 2.97. The molecule has 2 rings (SSSR count). The van der Waals surface area contributed by atoms with Crippen LogP contribution in [0.5, 0.6) is 0 Å². The molecular weight excluding hydrogens is 388 g/mol. The molecule has 0 unspecified atom stereocenters. The molecule has 9 heteroatoms. The standard InChI is InChI=1S/C18H18N2O5S2/c1-4-25-18(22)15-11(3)13(10-19)17(26-15)20-16(21)12-8-6-7-9-14(12)27(23,24)5-2/h6-9H,4-5H2,1-3H3,(H,20,21). The summed E-state index contributed by atoms with van der Waals surface area (Å²) in [7, 11) is -3.60. The Balaban J connectivity index is 2.45. The first kappa shape index (κ1) is 20.6. The van der Waals surface area contributed by atoms with Gasteiger partial charge in [0.1, 0.15) is 15.9 Å². The molecule has 1 N–H and O–H groups in total. The van der Waals surface area contributed by atoms with Crippen LogP contribution < -0.4 is 5.32 Å². The van der Waals surface area contributed by atoms with Gasteiger partial charge in [-0.2, -0.15) is 5.26 Å².